The van der Waals surface area contributed by atoms with E-state index in [1.165, 1.54) is 12.0 Å². The van der Waals surface area contributed by atoms with Crippen LogP contribution >= 0.6 is 0 Å². The lowest BCUT2D eigenvalue weighted by Gasteiger charge is -2.23. The maximum Gasteiger partial charge on any atom is 0.122 e. The van der Waals surface area contributed by atoms with E-state index in [0.717, 1.165) is 18.9 Å². The van der Waals surface area contributed by atoms with Gasteiger partial charge in [-0.2, -0.15) is 0 Å². The van der Waals surface area contributed by atoms with Gasteiger partial charge >= 0.3 is 0 Å². The molecule has 0 saturated carbocycles. The lowest BCUT2D eigenvalue weighted by molar-refractivity contribution is 0.331. The predicted molar refractivity (Wildman–Crippen MR) is 73.8 cm³/mol. The predicted octanol–water partition coefficient (Wildman–Crippen LogP) is 3.58. The van der Waals surface area contributed by atoms with Gasteiger partial charge in [-0.1, -0.05) is 32.0 Å². The van der Waals surface area contributed by atoms with Crippen molar-refractivity contribution in [1.29, 1.82) is 0 Å². The lowest BCUT2D eigenvalue weighted by Crippen LogP contribution is -2.31. The van der Waals surface area contributed by atoms with Crippen molar-refractivity contribution in [2.24, 2.45) is 0 Å². The molecule has 1 N–H and O–H groups in total. The summed E-state index contributed by atoms with van der Waals surface area (Å²) >= 11 is 0. The monoisotopic (exact) mass is 235 g/mol. The summed E-state index contributed by atoms with van der Waals surface area (Å²) in [6.07, 6.45) is 1.17. The van der Waals surface area contributed by atoms with Gasteiger partial charge in [0.05, 0.1) is 6.61 Å². The molecule has 1 aromatic rings. The first kappa shape index (κ1) is 14.0. The van der Waals surface area contributed by atoms with Crippen molar-refractivity contribution in [3.63, 3.8) is 0 Å². The molecular formula is C15H25NO. The van der Waals surface area contributed by atoms with Crippen LogP contribution in [0.25, 0.3) is 0 Å². The van der Waals surface area contributed by atoms with Crippen LogP contribution in [0.1, 0.15) is 45.6 Å². The van der Waals surface area contributed by atoms with Gasteiger partial charge < -0.3 is 10.1 Å². The largest absolute Gasteiger partial charge is 0.494 e. The van der Waals surface area contributed by atoms with Crippen LogP contribution in [0.2, 0.25) is 0 Å². The molecule has 0 aliphatic carbocycles. The summed E-state index contributed by atoms with van der Waals surface area (Å²) in [5.41, 5.74) is 1.30. The molecule has 0 aliphatic rings. The Balaban J connectivity index is 2.76. The fraction of sp³-hybridized carbons (Fsp3) is 0.600. The Hall–Kier alpha value is -1.02. The molecule has 0 bridgehead atoms. The van der Waals surface area contributed by atoms with E-state index >= 15 is 0 Å². The molecule has 17 heavy (non-hydrogen) atoms. The summed E-state index contributed by atoms with van der Waals surface area (Å²) in [7, 11) is 0. The van der Waals surface area contributed by atoms with Gasteiger partial charge in [-0.15, -0.1) is 0 Å². The standard InChI is InChI=1S/C15H25NO/c1-5-11-16-13(4)12(3)14-9-7-8-10-15(14)17-6-2/h7-10,12-13,16H,5-6,11H2,1-4H3. The Bertz CT molecular complexity index is 324. The highest BCUT2D eigenvalue weighted by molar-refractivity contribution is 5.36. The molecule has 0 spiro atoms. The minimum Gasteiger partial charge on any atom is -0.494 e. The van der Waals surface area contributed by atoms with Crippen LogP contribution in [0.4, 0.5) is 0 Å². The molecule has 2 unspecified atom stereocenters. The summed E-state index contributed by atoms with van der Waals surface area (Å²) in [6, 6.07) is 8.81. The van der Waals surface area contributed by atoms with E-state index in [0.29, 0.717) is 12.0 Å². The van der Waals surface area contributed by atoms with Crippen LogP contribution in [0.3, 0.4) is 0 Å². The number of hydrogen-bond donors (Lipinski definition) is 1. The van der Waals surface area contributed by atoms with Crippen LogP contribution < -0.4 is 10.1 Å². The topological polar surface area (TPSA) is 21.3 Å². The molecule has 1 aromatic carbocycles. The summed E-state index contributed by atoms with van der Waals surface area (Å²) in [5, 5.41) is 3.54. The quantitative estimate of drug-likeness (QED) is 0.780. The number of rotatable bonds is 7. The number of hydrogen-bond acceptors (Lipinski definition) is 2. The van der Waals surface area contributed by atoms with Crippen molar-refractivity contribution in [3.8, 4) is 5.75 Å². The van der Waals surface area contributed by atoms with E-state index in [-0.39, 0.29) is 0 Å². The molecule has 0 saturated heterocycles. The Labute approximate surface area is 105 Å². The Morgan fingerprint density at radius 3 is 2.53 bits per heavy atom. The number of ether oxygens (including phenoxy) is 1. The molecule has 1 rings (SSSR count). The second-order valence-electron chi connectivity index (χ2n) is 4.50. The number of benzene rings is 1. The van der Waals surface area contributed by atoms with Gasteiger partial charge in [0, 0.05) is 6.04 Å². The van der Waals surface area contributed by atoms with Gasteiger partial charge in [-0.05, 0) is 44.4 Å². The van der Waals surface area contributed by atoms with E-state index in [1.807, 2.05) is 13.0 Å². The van der Waals surface area contributed by atoms with Gasteiger partial charge in [-0.25, -0.2) is 0 Å². The molecule has 0 radical (unpaired) electrons. The zero-order valence-corrected chi connectivity index (χ0v) is 11.5. The van der Waals surface area contributed by atoms with Crippen molar-refractivity contribution in [2.45, 2.75) is 46.1 Å². The van der Waals surface area contributed by atoms with Crippen molar-refractivity contribution in [1.82, 2.24) is 5.32 Å². The van der Waals surface area contributed by atoms with E-state index in [9.17, 15) is 0 Å². The highest BCUT2D eigenvalue weighted by atomic mass is 16.5. The smallest absolute Gasteiger partial charge is 0.122 e. The molecule has 2 atom stereocenters. The summed E-state index contributed by atoms with van der Waals surface area (Å²) < 4.78 is 5.68. The first-order valence-electron chi connectivity index (χ1n) is 6.65. The van der Waals surface area contributed by atoms with E-state index in [2.05, 4.69) is 44.3 Å². The van der Waals surface area contributed by atoms with Gasteiger partial charge in [0.2, 0.25) is 0 Å². The maximum absolute atomic E-state index is 5.68. The first-order chi connectivity index (χ1) is 8.20. The average Bonchev–Trinajstić information content (AvgIpc) is 2.36. The minimum atomic E-state index is 0.462. The highest BCUT2D eigenvalue weighted by Crippen LogP contribution is 2.28. The second kappa shape index (κ2) is 7.33. The molecule has 96 valence electrons. The SMILES string of the molecule is CCCNC(C)C(C)c1ccccc1OCC. The van der Waals surface area contributed by atoms with Crippen LogP contribution in [-0.4, -0.2) is 19.2 Å². The highest BCUT2D eigenvalue weighted by Gasteiger charge is 2.17. The van der Waals surface area contributed by atoms with Crippen molar-refractivity contribution in [3.05, 3.63) is 29.8 Å². The second-order valence-corrected chi connectivity index (χ2v) is 4.50. The molecule has 0 fully saturated rings. The van der Waals surface area contributed by atoms with Gasteiger partial charge in [0.25, 0.3) is 0 Å². The molecule has 2 heteroatoms. The van der Waals surface area contributed by atoms with Crippen molar-refractivity contribution < 1.29 is 4.74 Å². The van der Waals surface area contributed by atoms with Crippen LogP contribution in [-0.2, 0) is 0 Å². The Kier molecular flexibility index (Phi) is 6.06. The minimum absolute atomic E-state index is 0.462. The van der Waals surface area contributed by atoms with E-state index in [4.69, 9.17) is 4.74 Å². The number of para-hydroxylation sites is 1. The first-order valence-corrected chi connectivity index (χ1v) is 6.65. The molecular weight excluding hydrogens is 210 g/mol. The normalized spacial score (nSPS) is 14.4. The van der Waals surface area contributed by atoms with Gasteiger partial charge in [-0.3, -0.25) is 0 Å². The summed E-state index contributed by atoms with van der Waals surface area (Å²) in [4.78, 5) is 0. The molecule has 0 heterocycles. The summed E-state index contributed by atoms with van der Waals surface area (Å²) in [6.45, 7) is 10.5. The zero-order chi connectivity index (χ0) is 12.7. The number of nitrogens with one attached hydrogen (secondary N) is 1. The fourth-order valence-electron chi connectivity index (χ4n) is 1.96. The van der Waals surface area contributed by atoms with Crippen LogP contribution in [0, 0.1) is 0 Å². The third kappa shape index (κ3) is 4.04. The van der Waals surface area contributed by atoms with Gasteiger partial charge in [0.15, 0.2) is 0 Å². The third-order valence-electron chi connectivity index (χ3n) is 3.18. The molecule has 0 aromatic heterocycles. The van der Waals surface area contributed by atoms with E-state index in [1.54, 1.807) is 0 Å². The van der Waals surface area contributed by atoms with E-state index < -0.39 is 0 Å². The third-order valence-corrected chi connectivity index (χ3v) is 3.18. The lowest BCUT2D eigenvalue weighted by atomic mass is 9.93. The van der Waals surface area contributed by atoms with Crippen molar-refractivity contribution >= 4 is 0 Å². The van der Waals surface area contributed by atoms with Crippen molar-refractivity contribution in [2.75, 3.05) is 13.2 Å². The maximum atomic E-state index is 5.68. The Morgan fingerprint density at radius 1 is 1.18 bits per heavy atom. The fourth-order valence-corrected chi connectivity index (χ4v) is 1.96. The molecule has 0 aliphatic heterocycles. The van der Waals surface area contributed by atoms with Gasteiger partial charge in [0.1, 0.15) is 5.75 Å². The average molecular weight is 235 g/mol. The van der Waals surface area contributed by atoms with Crippen LogP contribution in [0.15, 0.2) is 24.3 Å². The zero-order valence-electron chi connectivity index (χ0n) is 11.5. The van der Waals surface area contributed by atoms with Crippen LogP contribution in [0.5, 0.6) is 5.75 Å². The molecule has 0 amide bonds. The summed E-state index contributed by atoms with van der Waals surface area (Å²) in [5.74, 6) is 1.48. The molecule has 2 nitrogen and oxygen atoms in total. The Morgan fingerprint density at radius 2 is 1.88 bits per heavy atom.